The Bertz CT molecular complexity index is 650. The largest absolute Gasteiger partial charge is 0.487 e. The molecule has 0 bridgehead atoms. The van der Waals surface area contributed by atoms with E-state index in [4.69, 9.17) is 14.6 Å². The Morgan fingerprint density at radius 3 is 3.10 bits per heavy atom. The topological polar surface area (TPSA) is 73.6 Å². The Labute approximate surface area is 115 Å². The van der Waals surface area contributed by atoms with Crippen molar-refractivity contribution in [3.05, 3.63) is 41.7 Å². The monoisotopic (exact) mass is 274 g/mol. The van der Waals surface area contributed by atoms with Crippen LogP contribution < -0.4 is 9.47 Å². The number of fused-ring (bicyclic) bond motifs is 1. The predicted molar refractivity (Wildman–Crippen MR) is 69.7 cm³/mol. The zero-order valence-electron chi connectivity index (χ0n) is 10.9. The van der Waals surface area contributed by atoms with Crippen LogP contribution in [0.15, 0.2) is 30.5 Å². The average Bonchev–Trinajstić information content (AvgIpc) is 3.01. The van der Waals surface area contributed by atoms with E-state index in [0.29, 0.717) is 24.5 Å². The Balaban J connectivity index is 1.68. The van der Waals surface area contributed by atoms with Crippen LogP contribution in [0.3, 0.4) is 0 Å². The van der Waals surface area contributed by atoms with E-state index in [2.05, 4.69) is 5.10 Å². The first-order chi connectivity index (χ1) is 9.61. The SMILES string of the molecule is Cn1ccc(COc2ccc3c(c2)OC(C(=O)O)C3)n1. The zero-order chi connectivity index (χ0) is 14.1. The van der Waals surface area contributed by atoms with Gasteiger partial charge in [-0.2, -0.15) is 5.10 Å². The molecule has 0 saturated heterocycles. The lowest BCUT2D eigenvalue weighted by Gasteiger charge is -2.07. The highest BCUT2D eigenvalue weighted by Gasteiger charge is 2.28. The molecule has 6 nitrogen and oxygen atoms in total. The summed E-state index contributed by atoms with van der Waals surface area (Å²) >= 11 is 0. The van der Waals surface area contributed by atoms with Crippen LogP contribution in [0.1, 0.15) is 11.3 Å². The van der Waals surface area contributed by atoms with Gasteiger partial charge in [0.05, 0.1) is 5.69 Å². The highest BCUT2D eigenvalue weighted by atomic mass is 16.5. The van der Waals surface area contributed by atoms with Gasteiger partial charge in [0.25, 0.3) is 0 Å². The molecule has 104 valence electrons. The first kappa shape index (κ1) is 12.5. The third-order valence-electron chi connectivity index (χ3n) is 3.14. The van der Waals surface area contributed by atoms with Gasteiger partial charge in [0, 0.05) is 25.7 Å². The highest BCUT2D eigenvalue weighted by molar-refractivity contribution is 5.74. The number of carbonyl (C=O) groups is 1. The number of aryl methyl sites for hydroxylation is 1. The van der Waals surface area contributed by atoms with Gasteiger partial charge in [-0.25, -0.2) is 4.79 Å². The molecule has 20 heavy (non-hydrogen) atoms. The molecule has 1 aliphatic rings. The van der Waals surface area contributed by atoms with E-state index in [1.807, 2.05) is 31.4 Å². The molecule has 0 fully saturated rings. The lowest BCUT2D eigenvalue weighted by molar-refractivity contribution is -0.144. The third kappa shape index (κ3) is 2.45. The first-order valence-electron chi connectivity index (χ1n) is 6.25. The van der Waals surface area contributed by atoms with Gasteiger partial charge in [-0.3, -0.25) is 4.68 Å². The molecule has 2 aromatic rings. The minimum absolute atomic E-state index is 0.363. The van der Waals surface area contributed by atoms with Crippen molar-refractivity contribution in [3.8, 4) is 11.5 Å². The Morgan fingerprint density at radius 1 is 1.55 bits per heavy atom. The van der Waals surface area contributed by atoms with Gasteiger partial charge >= 0.3 is 5.97 Å². The number of aliphatic carboxylic acids is 1. The van der Waals surface area contributed by atoms with Crippen LogP contribution in [0, 0.1) is 0 Å². The fraction of sp³-hybridized carbons (Fsp3) is 0.286. The molecule has 0 spiro atoms. The third-order valence-corrected chi connectivity index (χ3v) is 3.14. The molecule has 3 rings (SSSR count). The van der Waals surface area contributed by atoms with Gasteiger partial charge in [-0.05, 0) is 17.7 Å². The van der Waals surface area contributed by atoms with Crippen molar-refractivity contribution in [1.29, 1.82) is 0 Å². The summed E-state index contributed by atoms with van der Waals surface area (Å²) in [5, 5.41) is 13.2. The van der Waals surface area contributed by atoms with Crippen molar-refractivity contribution in [1.82, 2.24) is 9.78 Å². The van der Waals surface area contributed by atoms with E-state index in [1.54, 1.807) is 10.7 Å². The van der Waals surface area contributed by atoms with Crippen LogP contribution in [0.4, 0.5) is 0 Å². The van der Waals surface area contributed by atoms with Gasteiger partial charge in [-0.15, -0.1) is 0 Å². The van der Waals surface area contributed by atoms with Gasteiger partial charge < -0.3 is 14.6 Å². The zero-order valence-corrected chi connectivity index (χ0v) is 10.9. The first-order valence-corrected chi connectivity index (χ1v) is 6.25. The molecular weight excluding hydrogens is 260 g/mol. The number of ether oxygens (including phenoxy) is 2. The van der Waals surface area contributed by atoms with E-state index < -0.39 is 12.1 Å². The summed E-state index contributed by atoms with van der Waals surface area (Å²) in [4.78, 5) is 10.9. The quantitative estimate of drug-likeness (QED) is 0.912. The fourth-order valence-corrected chi connectivity index (χ4v) is 2.13. The number of carboxylic acid groups (broad SMARTS) is 1. The molecule has 0 aliphatic carbocycles. The Morgan fingerprint density at radius 2 is 2.40 bits per heavy atom. The second-order valence-corrected chi connectivity index (χ2v) is 4.69. The molecule has 2 heterocycles. The Kier molecular flexibility index (Phi) is 3.06. The van der Waals surface area contributed by atoms with Gasteiger partial charge in [0.1, 0.15) is 18.1 Å². The van der Waals surface area contributed by atoms with Crippen LogP contribution in [0.5, 0.6) is 11.5 Å². The summed E-state index contributed by atoms with van der Waals surface area (Å²) < 4.78 is 12.7. The molecule has 0 saturated carbocycles. The molecule has 1 atom stereocenters. The van der Waals surface area contributed by atoms with Crippen molar-refractivity contribution >= 4 is 5.97 Å². The predicted octanol–water partition coefficient (Wildman–Crippen LogP) is 1.39. The number of rotatable bonds is 4. The maximum Gasteiger partial charge on any atom is 0.345 e. The number of hydrogen-bond acceptors (Lipinski definition) is 4. The normalized spacial score (nSPS) is 16.6. The van der Waals surface area contributed by atoms with Crippen LogP contribution in [-0.2, 0) is 24.9 Å². The number of nitrogens with zero attached hydrogens (tertiary/aromatic N) is 2. The highest BCUT2D eigenvalue weighted by Crippen LogP contribution is 2.32. The van der Waals surface area contributed by atoms with Crippen LogP contribution >= 0.6 is 0 Å². The van der Waals surface area contributed by atoms with Crippen molar-refractivity contribution in [3.63, 3.8) is 0 Å². The minimum Gasteiger partial charge on any atom is -0.487 e. The standard InChI is InChI=1S/C14H14N2O4/c1-16-5-4-10(15-16)8-19-11-3-2-9-6-13(14(17)18)20-12(9)7-11/h2-5,7,13H,6,8H2,1H3,(H,17,18). The molecule has 6 heteroatoms. The lowest BCUT2D eigenvalue weighted by atomic mass is 10.1. The summed E-state index contributed by atoms with van der Waals surface area (Å²) in [6, 6.07) is 7.26. The summed E-state index contributed by atoms with van der Waals surface area (Å²) in [7, 11) is 1.85. The van der Waals surface area contributed by atoms with E-state index in [9.17, 15) is 4.79 Å². The van der Waals surface area contributed by atoms with E-state index >= 15 is 0 Å². The van der Waals surface area contributed by atoms with Crippen molar-refractivity contribution in [2.45, 2.75) is 19.1 Å². The maximum absolute atomic E-state index is 10.9. The lowest BCUT2D eigenvalue weighted by Crippen LogP contribution is -2.24. The molecule has 1 aromatic carbocycles. The van der Waals surface area contributed by atoms with E-state index in [-0.39, 0.29) is 0 Å². The van der Waals surface area contributed by atoms with Crippen molar-refractivity contribution in [2.24, 2.45) is 7.05 Å². The van der Waals surface area contributed by atoms with Gasteiger partial charge in [0.2, 0.25) is 0 Å². The molecule has 0 radical (unpaired) electrons. The molecule has 1 unspecified atom stereocenters. The molecule has 1 N–H and O–H groups in total. The number of hydrogen-bond donors (Lipinski definition) is 1. The molecule has 1 aliphatic heterocycles. The smallest absolute Gasteiger partial charge is 0.345 e. The van der Waals surface area contributed by atoms with Gasteiger partial charge in [-0.1, -0.05) is 6.07 Å². The van der Waals surface area contributed by atoms with E-state index in [0.717, 1.165) is 11.3 Å². The molecular formula is C14H14N2O4. The fourth-order valence-electron chi connectivity index (χ4n) is 2.13. The number of carboxylic acids is 1. The van der Waals surface area contributed by atoms with Crippen molar-refractivity contribution in [2.75, 3.05) is 0 Å². The maximum atomic E-state index is 10.9. The average molecular weight is 274 g/mol. The summed E-state index contributed by atoms with van der Waals surface area (Å²) in [5.41, 5.74) is 1.72. The van der Waals surface area contributed by atoms with Gasteiger partial charge in [0.15, 0.2) is 6.10 Å². The number of benzene rings is 1. The molecule has 0 amide bonds. The van der Waals surface area contributed by atoms with Crippen LogP contribution in [0.25, 0.3) is 0 Å². The number of aromatic nitrogens is 2. The second-order valence-electron chi connectivity index (χ2n) is 4.69. The minimum atomic E-state index is -0.947. The summed E-state index contributed by atoms with van der Waals surface area (Å²) in [5.74, 6) is 0.272. The molecule has 1 aromatic heterocycles. The van der Waals surface area contributed by atoms with Crippen LogP contribution in [-0.4, -0.2) is 27.0 Å². The van der Waals surface area contributed by atoms with Crippen molar-refractivity contribution < 1.29 is 19.4 Å². The van der Waals surface area contributed by atoms with Crippen LogP contribution in [0.2, 0.25) is 0 Å². The summed E-state index contributed by atoms with van der Waals surface area (Å²) in [6.45, 7) is 0.363. The second kappa shape index (κ2) is 4.88. The Hall–Kier alpha value is -2.50. The summed E-state index contributed by atoms with van der Waals surface area (Å²) in [6.07, 6.45) is 1.45. The van der Waals surface area contributed by atoms with E-state index in [1.165, 1.54) is 0 Å².